The number of Topliss-reactive ketones (excluding diaryl/α,β-unsaturated/α-hetero) is 1. The second-order valence-corrected chi connectivity index (χ2v) is 11.1. The van der Waals surface area contributed by atoms with Gasteiger partial charge in [0.15, 0.2) is 5.78 Å². The van der Waals surface area contributed by atoms with Crippen LogP contribution >= 0.6 is 0 Å². The molecule has 0 aromatic heterocycles. The van der Waals surface area contributed by atoms with Gasteiger partial charge in [-0.3, -0.25) is 4.79 Å². The molecule has 0 aromatic rings. The van der Waals surface area contributed by atoms with E-state index in [4.69, 9.17) is 0 Å². The average molecular weight is 221 g/mol. The van der Waals surface area contributed by atoms with Crippen molar-refractivity contribution < 1.29 is 4.79 Å². The van der Waals surface area contributed by atoms with Crippen molar-refractivity contribution in [3.05, 3.63) is 17.7 Å². The molecule has 2 rings (SSSR count). The average Bonchev–Trinajstić information content (AvgIpc) is 2.47. The zero-order valence-corrected chi connectivity index (χ0v) is 11.0. The molecule has 2 saturated carbocycles. The van der Waals surface area contributed by atoms with Crippen molar-refractivity contribution in [2.24, 2.45) is 11.8 Å². The van der Waals surface area contributed by atoms with E-state index in [2.05, 4.69) is 31.8 Å². The van der Waals surface area contributed by atoms with Crippen LogP contribution < -0.4 is 0 Å². The first-order valence-electron chi connectivity index (χ1n) is 6.03. The predicted octanol–water partition coefficient (Wildman–Crippen LogP) is 3.38. The summed E-state index contributed by atoms with van der Waals surface area (Å²) in [4.78, 5) is 11.9. The van der Waals surface area contributed by atoms with Gasteiger partial charge in [0, 0.05) is 11.8 Å². The first-order chi connectivity index (χ1) is 6.97. The molecule has 2 aliphatic rings. The Morgan fingerprint density at radius 1 is 1.40 bits per heavy atom. The van der Waals surface area contributed by atoms with Gasteiger partial charge in [-0.15, -0.1) is 0 Å². The summed E-state index contributed by atoms with van der Waals surface area (Å²) in [6, 6.07) is 0. The molecule has 0 unspecified atom stereocenters. The van der Waals surface area contributed by atoms with Crippen LogP contribution in [0.1, 0.15) is 25.7 Å². The van der Waals surface area contributed by atoms with Gasteiger partial charge in [0.05, 0.1) is 20.9 Å². The second kappa shape index (κ2) is 3.82. The second-order valence-electron chi connectivity index (χ2n) is 6.06. The lowest BCUT2D eigenvalue weighted by atomic mass is 9.79. The molecule has 0 aromatic carbocycles. The highest BCUT2D eigenvalue weighted by Crippen LogP contribution is 2.43. The van der Waals surface area contributed by atoms with Crippen LogP contribution in [0.25, 0.3) is 0 Å². The molecule has 82 valence electrons. The number of carbonyl (C=O) groups excluding carboxylic acids is 1. The molecule has 0 aliphatic heterocycles. The third-order valence-electron chi connectivity index (χ3n) is 3.45. The highest BCUT2D eigenvalue weighted by molar-refractivity contribution is 6.81. The quantitative estimate of drug-likeness (QED) is 0.490. The van der Waals surface area contributed by atoms with E-state index < -0.39 is 8.07 Å². The monoisotopic (exact) mass is 221 g/mol. The maximum Gasteiger partial charge on any atom is 0.184 e. The minimum Gasteiger partial charge on any atom is -0.294 e. The largest absolute Gasteiger partial charge is 0.294 e. The fourth-order valence-corrected chi connectivity index (χ4v) is 4.42. The summed E-state index contributed by atoms with van der Waals surface area (Å²) in [5.41, 5.74) is 3.96. The molecule has 0 heterocycles. The number of carbonyl (C=O) groups is 1. The Kier molecular flexibility index (Phi) is 2.80. The van der Waals surface area contributed by atoms with E-state index >= 15 is 0 Å². The van der Waals surface area contributed by atoms with Crippen LogP contribution in [0.5, 0.6) is 0 Å². The SMILES string of the molecule is C[Si](C)(C)/C=C1\CC[C@@H]2C[CH+]CC(=O)[C@H]12. The molecular formula is C13H21OSi+. The number of ketones is 1. The van der Waals surface area contributed by atoms with Crippen LogP contribution in [-0.4, -0.2) is 13.9 Å². The van der Waals surface area contributed by atoms with Crippen LogP contribution in [0, 0.1) is 18.3 Å². The Morgan fingerprint density at radius 3 is 2.80 bits per heavy atom. The van der Waals surface area contributed by atoms with Crippen LogP contribution in [0.15, 0.2) is 11.3 Å². The van der Waals surface area contributed by atoms with E-state index in [0.717, 1.165) is 0 Å². The smallest absolute Gasteiger partial charge is 0.184 e. The van der Waals surface area contributed by atoms with Crippen LogP contribution in [0.4, 0.5) is 0 Å². The normalized spacial score (nSPS) is 34.1. The van der Waals surface area contributed by atoms with Crippen LogP contribution in [0.2, 0.25) is 19.6 Å². The first-order valence-corrected chi connectivity index (χ1v) is 9.61. The highest BCUT2D eigenvalue weighted by atomic mass is 28.3. The molecule has 0 bridgehead atoms. The fourth-order valence-electron chi connectivity index (χ4n) is 2.99. The number of hydrogen-bond acceptors (Lipinski definition) is 1. The van der Waals surface area contributed by atoms with Crippen molar-refractivity contribution in [2.45, 2.75) is 45.3 Å². The summed E-state index contributed by atoms with van der Waals surface area (Å²) in [5, 5.41) is 0. The third kappa shape index (κ3) is 2.36. The molecule has 2 atom stereocenters. The maximum absolute atomic E-state index is 11.9. The van der Waals surface area contributed by atoms with Gasteiger partial charge in [0.2, 0.25) is 0 Å². The van der Waals surface area contributed by atoms with E-state index in [1.54, 1.807) is 0 Å². The van der Waals surface area contributed by atoms with Gasteiger partial charge in [-0.2, -0.15) is 0 Å². The third-order valence-corrected chi connectivity index (χ3v) is 4.69. The van der Waals surface area contributed by atoms with Crippen molar-refractivity contribution in [3.8, 4) is 0 Å². The van der Waals surface area contributed by atoms with Gasteiger partial charge in [-0.25, -0.2) is 0 Å². The lowest BCUT2D eigenvalue weighted by Gasteiger charge is -2.21. The van der Waals surface area contributed by atoms with E-state index in [1.165, 1.54) is 24.8 Å². The highest BCUT2D eigenvalue weighted by Gasteiger charge is 2.42. The summed E-state index contributed by atoms with van der Waals surface area (Å²) >= 11 is 0. The van der Waals surface area contributed by atoms with Gasteiger partial charge in [0.25, 0.3) is 0 Å². The topological polar surface area (TPSA) is 17.1 Å². The van der Waals surface area contributed by atoms with E-state index in [1.807, 2.05) is 0 Å². The van der Waals surface area contributed by atoms with Gasteiger partial charge >= 0.3 is 0 Å². The molecule has 2 aliphatic carbocycles. The summed E-state index contributed by atoms with van der Waals surface area (Å²) in [5.74, 6) is 1.43. The molecule has 2 heteroatoms. The van der Waals surface area contributed by atoms with E-state index in [0.29, 0.717) is 24.0 Å². The van der Waals surface area contributed by atoms with Crippen LogP contribution in [0.3, 0.4) is 0 Å². The Morgan fingerprint density at radius 2 is 2.13 bits per heavy atom. The molecule has 0 spiro atoms. The minimum atomic E-state index is -1.15. The molecule has 0 N–H and O–H groups in total. The minimum absolute atomic E-state index is 0.307. The first kappa shape index (κ1) is 11.0. The van der Waals surface area contributed by atoms with E-state index in [-0.39, 0.29) is 0 Å². The molecule has 15 heavy (non-hydrogen) atoms. The standard InChI is InChI=1S/C13H21OSi/c1-15(2,3)9-11-8-7-10-5-4-6-12(14)13(10)11/h4,9-10,13H,5-8H2,1-3H3/q+1/b11-9+/t10-,13-/m0/s1. The lowest BCUT2D eigenvalue weighted by Crippen LogP contribution is -2.27. The summed E-state index contributed by atoms with van der Waals surface area (Å²) in [6.45, 7) is 7.06. The molecule has 0 amide bonds. The van der Waals surface area contributed by atoms with Gasteiger partial charge < -0.3 is 0 Å². The van der Waals surface area contributed by atoms with Crippen LogP contribution in [-0.2, 0) is 4.79 Å². The zero-order chi connectivity index (χ0) is 11.1. The van der Waals surface area contributed by atoms with Crippen molar-refractivity contribution in [1.29, 1.82) is 0 Å². The van der Waals surface area contributed by atoms with Gasteiger partial charge in [-0.05, 0) is 12.8 Å². The van der Waals surface area contributed by atoms with E-state index in [9.17, 15) is 4.79 Å². The van der Waals surface area contributed by atoms with Crippen molar-refractivity contribution in [1.82, 2.24) is 0 Å². The number of hydrogen-bond donors (Lipinski definition) is 0. The lowest BCUT2D eigenvalue weighted by molar-refractivity contribution is -0.123. The summed E-state index contributed by atoms with van der Waals surface area (Å²) in [6.07, 6.45) is 6.48. The molecule has 1 nitrogen and oxygen atoms in total. The Hall–Kier alpha value is -0.503. The number of allylic oxidation sites excluding steroid dienone is 1. The number of fused-ring (bicyclic) bond motifs is 1. The van der Waals surface area contributed by atoms with Crippen molar-refractivity contribution in [3.63, 3.8) is 0 Å². The Bertz CT molecular complexity index is 298. The van der Waals surface area contributed by atoms with Crippen molar-refractivity contribution >= 4 is 13.9 Å². The zero-order valence-electron chi connectivity index (χ0n) is 10.0. The van der Waals surface area contributed by atoms with Gasteiger partial charge in [-0.1, -0.05) is 30.9 Å². The predicted molar refractivity (Wildman–Crippen MR) is 66.2 cm³/mol. The molecular weight excluding hydrogens is 200 g/mol. The van der Waals surface area contributed by atoms with Gasteiger partial charge in [0.1, 0.15) is 6.42 Å². The van der Waals surface area contributed by atoms with Crippen molar-refractivity contribution in [2.75, 3.05) is 0 Å². The molecule has 0 saturated heterocycles. The summed E-state index contributed by atoms with van der Waals surface area (Å²) < 4.78 is 0. The molecule has 0 radical (unpaired) electrons. The fraction of sp³-hybridized carbons (Fsp3) is 0.692. The maximum atomic E-state index is 11.9. The summed E-state index contributed by atoms with van der Waals surface area (Å²) in [7, 11) is -1.15. The molecule has 2 fully saturated rings. The Balaban J connectivity index is 2.22. The Labute approximate surface area is 94.0 Å². The number of rotatable bonds is 1.